The van der Waals surface area contributed by atoms with Gasteiger partial charge in [0.15, 0.2) is 11.6 Å². The van der Waals surface area contributed by atoms with E-state index < -0.39 is 40.2 Å². The van der Waals surface area contributed by atoms with Gasteiger partial charge in [-0.15, -0.1) is 0 Å². The van der Waals surface area contributed by atoms with Crippen LogP contribution < -0.4 is 16.6 Å². The van der Waals surface area contributed by atoms with E-state index in [0.717, 1.165) is 18.2 Å². The predicted molar refractivity (Wildman–Crippen MR) is 69.7 cm³/mol. The molecule has 0 aliphatic rings. The van der Waals surface area contributed by atoms with Gasteiger partial charge in [-0.2, -0.15) is 0 Å². The number of amides is 1. The summed E-state index contributed by atoms with van der Waals surface area (Å²) in [4.78, 5) is 37.7. The largest absolute Gasteiger partial charge is 0.326 e. The van der Waals surface area contributed by atoms with E-state index >= 15 is 0 Å². The van der Waals surface area contributed by atoms with Crippen molar-refractivity contribution in [1.29, 1.82) is 0 Å². The van der Waals surface area contributed by atoms with Crippen LogP contribution in [0.5, 0.6) is 0 Å². The normalized spacial score (nSPS) is 10.3. The minimum atomic E-state index is -1.02. The van der Waals surface area contributed by atoms with Crippen LogP contribution in [0.15, 0.2) is 32.3 Å². The standard InChI is InChI=1S/C11H6BrF2N3O3/c12-4-1-5(13)9(6(14)2-4)17-10(19)7-3-8(18)16-11(20)15-7/h1-3H,(H,17,19)(H2,15,16,18,20). The zero-order chi connectivity index (χ0) is 14.9. The number of hydrogen-bond acceptors (Lipinski definition) is 3. The molecule has 0 aliphatic heterocycles. The molecule has 1 aromatic carbocycles. The smallest absolute Gasteiger partial charge is 0.316 e. The first-order valence-corrected chi connectivity index (χ1v) is 5.95. The van der Waals surface area contributed by atoms with Crippen LogP contribution in [-0.4, -0.2) is 15.9 Å². The van der Waals surface area contributed by atoms with Crippen molar-refractivity contribution in [3.8, 4) is 0 Å². The summed E-state index contributed by atoms with van der Waals surface area (Å²) in [7, 11) is 0. The Morgan fingerprint density at radius 1 is 1.10 bits per heavy atom. The average molecular weight is 346 g/mol. The Kier molecular flexibility index (Phi) is 3.79. The van der Waals surface area contributed by atoms with Crippen LogP contribution >= 0.6 is 15.9 Å². The molecule has 2 aromatic rings. The van der Waals surface area contributed by atoms with Crippen LogP contribution in [0.2, 0.25) is 0 Å². The molecule has 3 N–H and O–H groups in total. The fourth-order valence-electron chi connectivity index (χ4n) is 1.43. The second-order valence-electron chi connectivity index (χ2n) is 3.70. The summed E-state index contributed by atoms with van der Waals surface area (Å²) < 4.78 is 27.2. The number of carbonyl (C=O) groups excluding carboxylic acids is 1. The van der Waals surface area contributed by atoms with Gasteiger partial charge in [0.2, 0.25) is 0 Å². The molecule has 0 saturated heterocycles. The lowest BCUT2D eigenvalue weighted by Crippen LogP contribution is -2.27. The summed E-state index contributed by atoms with van der Waals surface area (Å²) in [6.45, 7) is 0. The number of H-pyrrole nitrogens is 2. The molecule has 1 heterocycles. The molecule has 1 aromatic heterocycles. The summed E-state index contributed by atoms with van der Waals surface area (Å²) >= 11 is 2.89. The first-order valence-electron chi connectivity index (χ1n) is 5.16. The Bertz CT molecular complexity index is 749. The van der Waals surface area contributed by atoms with E-state index in [1.54, 1.807) is 0 Å². The van der Waals surface area contributed by atoms with Gasteiger partial charge in [-0.25, -0.2) is 13.6 Å². The maximum Gasteiger partial charge on any atom is 0.326 e. The van der Waals surface area contributed by atoms with Gasteiger partial charge >= 0.3 is 5.69 Å². The molecule has 20 heavy (non-hydrogen) atoms. The van der Waals surface area contributed by atoms with Crippen molar-refractivity contribution in [2.24, 2.45) is 0 Å². The van der Waals surface area contributed by atoms with Crippen LogP contribution in [0.3, 0.4) is 0 Å². The molecule has 0 spiro atoms. The van der Waals surface area contributed by atoms with Gasteiger partial charge in [-0.1, -0.05) is 15.9 Å². The number of halogens is 3. The Morgan fingerprint density at radius 3 is 2.25 bits per heavy atom. The van der Waals surface area contributed by atoms with Gasteiger partial charge in [0, 0.05) is 10.5 Å². The molecular formula is C11H6BrF2N3O3. The molecule has 0 atom stereocenters. The third-order valence-electron chi connectivity index (χ3n) is 2.25. The lowest BCUT2D eigenvalue weighted by atomic mass is 10.2. The maximum atomic E-state index is 13.5. The van der Waals surface area contributed by atoms with E-state index in [9.17, 15) is 23.2 Å². The first-order chi connectivity index (χ1) is 9.36. The molecule has 0 saturated carbocycles. The molecular weight excluding hydrogens is 340 g/mol. The average Bonchev–Trinajstić information content (AvgIpc) is 2.32. The summed E-state index contributed by atoms with van der Waals surface area (Å²) in [5.41, 5.74) is -2.81. The Hall–Kier alpha value is -2.29. The summed E-state index contributed by atoms with van der Waals surface area (Å²) in [5, 5.41) is 1.94. The van der Waals surface area contributed by atoms with E-state index in [1.807, 2.05) is 15.3 Å². The zero-order valence-electron chi connectivity index (χ0n) is 9.59. The van der Waals surface area contributed by atoms with E-state index in [-0.39, 0.29) is 4.47 Å². The predicted octanol–water partition coefficient (Wildman–Crippen LogP) is 1.36. The summed E-state index contributed by atoms with van der Waals surface area (Å²) in [6, 6.07) is 2.71. The number of anilines is 1. The molecule has 0 fully saturated rings. The Morgan fingerprint density at radius 2 is 1.70 bits per heavy atom. The van der Waals surface area contributed by atoms with Gasteiger partial charge in [-0.3, -0.25) is 14.6 Å². The van der Waals surface area contributed by atoms with E-state index in [1.165, 1.54) is 0 Å². The number of benzene rings is 1. The molecule has 104 valence electrons. The van der Waals surface area contributed by atoms with Crippen molar-refractivity contribution in [3.63, 3.8) is 0 Å². The van der Waals surface area contributed by atoms with Crippen molar-refractivity contribution in [3.05, 3.63) is 60.8 Å². The number of aromatic nitrogens is 2. The van der Waals surface area contributed by atoms with Crippen molar-refractivity contribution >= 4 is 27.5 Å². The van der Waals surface area contributed by atoms with Crippen LogP contribution in [0.25, 0.3) is 0 Å². The minimum absolute atomic E-state index is 0.162. The molecule has 0 radical (unpaired) electrons. The molecule has 0 bridgehead atoms. The maximum absolute atomic E-state index is 13.5. The number of rotatable bonds is 2. The highest BCUT2D eigenvalue weighted by Crippen LogP contribution is 2.23. The molecule has 2 rings (SSSR count). The third kappa shape index (κ3) is 2.99. The second kappa shape index (κ2) is 5.37. The highest BCUT2D eigenvalue weighted by Gasteiger charge is 2.15. The topological polar surface area (TPSA) is 94.8 Å². The molecule has 9 heteroatoms. The minimum Gasteiger partial charge on any atom is -0.316 e. The molecule has 1 amide bonds. The Labute approximate surface area is 118 Å². The van der Waals surface area contributed by atoms with Gasteiger partial charge in [0.25, 0.3) is 11.5 Å². The molecule has 0 unspecified atom stereocenters. The number of nitrogens with one attached hydrogen (secondary N) is 3. The van der Waals surface area contributed by atoms with Crippen LogP contribution in [0.1, 0.15) is 10.5 Å². The molecule has 0 aliphatic carbocycles. The van der Waals surface area contributed by atoms with Crippen molar-refractivity contribution in [1.82, 2.24) is 9.97 Å². The number of aromatic amines is 2. The quantitative estimate of drug-likeness (QED) is 0.766. The number of carbonyl (C=O) groups is 1. The third-order valence-corrected chi connectivity index (χ3v) is 2.71. The number of hydrogen-bond donors (Lipinski definition) is 3. The molecule has 6 nitrogen and oxygen atoms in total. The van der Waals surface area contributed by atoms with Crippen LogP contribution in [-0.2, 0) is 0 Å². The van der Waals surface area contributed by atoms with E-state index in [0.29, 0.717) is 0 Å². The van der Waals surface area contributed by atoms with Crippen molar-refractivity contribution in [2.45, 2.75) is 0 Å². The lowest BCUT2D eigenvalue weighted by molar-refractivity contribution is 0.102. The van der Waals surface area contributed by atoms with Gasteiger partial charge in [0.1, 0.15) is 11.4 Å². The zero-order valence-corrected chi connectivity index (χ0v) is 11.2. The lowest BCUT2D eigenvalue weighted by Gasteiger charge is -2.07. The van der Waals surface area contributed by atoms with Crippen molar-refractivity contribution in [2.75, 3.05) is 5.32 Å². The highest BCUT2D eigenvalue weighted by atomic mass is 79.9. The summed E-state index contributed by atoms with van der Waals surface area (Å²) in [5.74, 6) is -3.02. The fourth-order valence-corrected chi connectivity index (χ4v) is 1.84. The van der Waals surface area contributed by atoms with Gasteiger partial charge in [0.05, 0.1) is 0 Å². The van der Waals surface area contributed by atoms with E-state index in [2.05, 4.69) is 15.9 Å². The van der Waals surface area contributed by atoms with Crippen LogP contribution in [0.4, 0.5) is 14.5 Å². The van der Waals surface area contributed by atoms with Crippen LogP contribution in [0, 0.1) is 11.6 Å². The van der Waals surface area contributed by atoms with Crippen molar-refractivity contribution < 1.29 is 13.6 Å². The fraction of sp³-hybridized carbons (Fsp3) is 0. The van der Waals surface area contributed by atoms with E-state index in [4.69, 9.17) is 0 Å². The van der Waals surface area contributed by atoms with Gasteiger partial charge in [-0.05, 0) is 12.1 Å². The monoisotopic (exact) mass is 345 g/mol. The highest BCUT2D eigenvalue weighted by molar-refractivity contribution is 9.10. The first kappa shape index (κ1) is 14.1. The second-order valence-corrected chi connectivity index (χ2v) is 4.62. The summed E-state index contributed by atoms with van der Waals surface area (Å²) in [6.07, 6.45) is 0. The Balaban J connectivity index is 2.37. The SMILES string of the molecule is O=C(Nc1c(F)cc(Br)cc1F)c1cc(=O)[nH]c(=O)[nH]1. The van der Waals surface area contributed by atoms with Gasteiger partial charge < -0.3 is 10.3 Å².